The number of sulfonamides is 1. The van der Waals surface area contributed by atoms with Crippen molar-refractivity contribution in [2.24, 2.45) is 0 Å². The van der Waals surface area contributed by atoms with Crippen LogP contribution >= 0.6 is 11.6 Å². The highest BCUT2D eigenvalue weighted by molar-refractivity contribution is 7.92. The van der Waals surface area contributed by atoms with E-state index in [0.717, 1.165) is 17.5 Å². The number of hydrogen-bond donors (Lipinski definition) is 0. The maximum absolute atomic E-state index is 13.5. The molecular weight excluding hydrogens is 432 g/mol. The molecule has 0 atom stereocenters. The van der Waals surface area contributed by atoms with Crippen LogP contribution in [0.25, 0.3) is 0 Å². The van der Waals surface area contributed by atoms with Crippen LogP contribution in [0.1, 0.15) is 16.7 Å². The molecule has 0 aromatic heterocycles. The van der Waals surface area contributed by atoms with Crippen molar-refractivity contribution in [1.82, 2.24) is 4.90 Å². The highest BCUT2D eigenvalue weighted by Gasteiger charge is 2.30. The Hall–Kier alpha value is -2.83. The number of carbonyl (C=O) groups excluding carboxylic acids is 1. The standard InChI is InChI=1S/C24H23ClN2O3S/c1-18-5-4-8-22(15-18)27(31(29,30)23-11-9-21(25)10-12-23)17-24(28)26-14-13-19-6-2-3-7-20(19)16-26/h2-12,15H,13-14,16-17H2,1H3. The monoisotopic (exact) mass is 454 g/mol. The predicted molar refractivity (Wildman–Crippen MR) is 123 cm³/mol. The number of fused-ring (bicyclic) bond motifs is 1. The van der Waals surface area contributed by atoms with Crippen molar-refractivity contribution in [3.05, 3.63) is 94.5 Å². The van der Waals surface area contributed by atoms with Gasteiger partial charge in [-0.05, 0) is 66.4 Å². The first-order chi connectivity index (χ1) is 14.8. The van der Waals surface area contributed by atoms with E-state index in [1.54, 1.807) is 23.1 Å². The molecule has 31 heavy (non-hydrogen) atoms. The molecule has 0 N–H and O–H groups in total. The lowest BCUT2D eigenvalue weighted by Gasteiger charge is -2.32. The van der Waals surface area contributed by atoms with Gasteiger partial charge < -0.3 is 4.90 Å². The first-order valence-electron chi connectivity index (χ1n) is 10.0. The molecular formula is C24H23ClN2O3S. The van der Waals surface area contributed by atoms with E-state index in [-0.39, 0.29) is 17.3 Å². The van der Waals surface area contributed by atoms with E-state index in [1.165, 1.54) is 34.1 Å². The second kappa shape index (κ2) is 8.73. The van der Waals surface area contributed by atoms with Gasteiger partial charge in [0.05, 0.1) is 10.6 Å². The molecule has 3 aromatic carbocycles. The molecule has 0 bridgehead atoms. The number of halogens is 1. The summed E-state index contributed by atoms with van der Waals surface area (Å²) in [4.78, 5) is 15.0. The van der Waals surface area contributed by atoms with Gasteiger partial charge in [0, 0.05) is 18.1 Å². The summed E-state index contributed by atoms with van der Waals surface area (Å²) in [6.07, 6.45) is 0.760. The van der Waals surface area contributed by atoms with Gasteiger partial charge in [-0.3, -0.25) is 9.10 Å². The Morgan fingerprint density at radius 3 is 2.42 bits per heavy atom. The van der Waals surface area contributed by atoms with Gasteiger partial charge in [-0.1, -0.05) is 48.0 Å². The Kier molecular flexibility index (Phi) is 6.03. The Bertz CT molecular complexity index is 1210. The van der Waals surface area contributed by atoms with Crippen molar-refractivity contribution in [2.75, 3.05) is 17.4 Å². The molecule has 0 fully saturated rings. The molecule has 1 aliphatic heterocycles. The van der Waals surface area contributed by atoms with Crippen LogP contribution in [0.15, 0.2) is 77.7 Å². The maximum Gasteiger partial charge on any atom is 0.264 e. The highest BCUT2D eigenvalue weighted by atomic mass is 35.5. The van der Waals surface area contributed by atoms with Gasteiger partial charge in [0.15, 0.2) is 0 Å². The fraction of sp³-hybridized carbons (Fsp3) is 0.208. The third-order valence-electron chi connectivity index (χ3n) is 5.45. The van der Waals surface area contributed by atoms with Crippen LogP contribution in [-0.4, -0.2) is 32.3 Å². The third-order valence-corrected chi connectivity index (χ3v) is 7.49. The van der Waals surface area contributed by atoms with Crippen molar-refractivity contribution >= 4 is 33.2 Å². The van der Waals surface area contributed by atoms with E-state index >= 15 is 0 Å². The van der Waals surface area contributed by atoms with Crippen LogP contribution in [0.4, 0.5) is 5.69 Å². The Balaban J connectivity index is 1.65. The smallest absolute Gasteiger partial charge is 0.264 e. The summed E-state index contributed by atoms with van der Waals surface area (Å²) in [5.74, 6) is -0.228. The zero-order chi connectivity index (χ0) is 22.0. The van der Waals surface area contributed by atoms with Gasteiger partial charge >= 0.3 is 0 Å². The largest absolute Gasteiger partial charge is 0.336 e. The van der Waals surface area contributed by atoms with E-state index in [1.807, 2.05) is 31.2 Å². The van der Waals surface area contributed by atoms with Crippen molar-refractivity contribution < 1.29 is 13.2 Å². The average molecular weight is 455 g/mol. The predicted octanol–water partition coefficient (Wildman–Crippen LogP) is 4.43. The van der Waals surface area contributed by atoms with Gasteiger partial charge in [0.2, 0.25) is 5.91 Å². The Morgan fingerprint density at radius 2 is 1.71 bits per heavy atom. The Morgan fingerprint density at radius 1 is 1.00 bits per heavy atom. The minimum absolute atomic E-state index is 0.0928. The molecule has 0 radical (unpaired) electrons. The lowest BCUT2D eigenvalue weighted by molar-refractivity contribution is -0.130. The first-order valence-corrected chi connectivity index (χ1v) is 11.9. The van der Waals surface area contributed by atoms with Gasteiger partial charge in [-0.15, -0.1) is 0 Å². The quantitative estimate of drug-likeness (QED) is 0.573. The van der Waals surface area contributed by atoms with E-state index in [0.29, 0.717) is 23.8 Å². The van der Waals surface area contributed by atoms with Crippen LogP contribution in [-0.2, 0) is 27.8 Å². The fourth-order valence-electron chi connectivity index (χ4n) is 3.76. The van der Waals surface area contributed by atoms with Gasteiger partial charge in [0.1, 0.15) is 6.54 Å². The van der Waals surface area contributed by atoms with E-state index in [9.17, 15) is 13.2 Å². The van der Waals surface area contributed by atoms with Crippen molar-refractivity contribution in [1.29, 1.82) is 0 Å². The zero-order valence-corrected chi connectivity index (χ0v) is 18.7. The summed E-state index contributed by atoms with van der Waals surface area (Å²) in [5, 5.41) is 0.448. The summed E-state index contributed by atoms with van der Waals surface area (Å²) in [6.45, 7) is 2.67. The summed E-state index contributed by atoms with van der Waals surface area (Å²) >= 11 is 5.94. The van der Waals surface area contributed by atoms with Crippen molar-refractivity contribution in [2.45, 2.75) is 24.8 Å². The number of rotatable bonds is 5. The molecule has 1 aliphatic rings. The molecule has 4 rings (SSSR count). The van der Waals surface area contributed by atoms with Crippen molar-refractivity contribution in [3.8, 4) is 0 Å². The van der Waals surface area contributed by atoms with Crippen molar-refractivity contribution in [3.63, 3.8) is 0 Å². The van der Waals surface area contributed by atoms with Gasteiger partial charge in [-0.2, -0.15) is 0 Å². The summed E-state index contributed by atoms with van der Waals surface area (Å²) in [5.41, 5.74) is 3.70. The molecule has 0 spiro atoms. The zero-order valence-electron chi connectivity index (χ0n) is 17.2. The molecule has 0 aliphatic carbocycles. The second-order valence-corrected chi connectivity index (χ2v) is 9.94. The maximum atomic E-state index is 13.5. The molecule has 5 nitrogen and oxygen atoms in total. The number of nitrogens with zero attached hydrogens (tertiary/aromatic N) is 2. The summed E-state index contributed by atoms with van der Waals surface area (Å²) in [6, 6.07) is 21.2. The lowest BCUT2D eigenvalue weighted by Crippen LogP contribution is -2.44. The van der Waals surface area contributed by atoms with Crippen LogP contribution in [0, 0.1) is 6.92 Å². The number of amides is 1. The number of hydrogen-bond acceptors (Lipinski definition) is 3. The van der Waals surface area contributed by atoms with Gasteiger partial charge in [0.25, 0.3) is 10.0 Å². The minimum Gasteiger partial charge on any atom is -0.336 e. The van der Waals surface area contributed by atoms with Crippen LogP contribution in [0.2, 0.25) is 5.02 Å². The van der Waals surface area contributed by atoms with Crippen LogP contribution < -0.4 is 4.31 Å². The summed E-state index contributed by atoms with van der Waals surface area (Å²) in [7, 11) is -3.95. The average Bonchev–Trinajstić information content (AvgIpc) is 2.77. The van der Waals surface area contributed by atoms with E-state index < -0.39 is 10.0 Å². The van der Waals surface area contributed by atoms with E-state index in [4.69, 9.17) is 11.6 Å². The molecule has 0 unspecified atom stereocenters. The molecule has 3 aromatic rings. The van der Waals surface area contributed by atoms with Gasteiger partial charge in [-0.25, -0.2) is 8.42 Å². The topological polar surface area (TPSA) is 57.7 Å². The first kappa shape index (κ1) is 21.4. The number of aryl methyl sites for hydroxylation is 1. The molecule has 0 saturated heterocycles. The molecule has 160 valence electrons. The van der Waals surface area contributed by atoms with Crippen LogP contribution in [0.3, 0.4) is 0 Å². The highest BCUT2D eigenvalue weighted by Crippen LogP contribution is 2.26. The summed E-state index contributed by atoms with van der Waals surface area (Å²) < 4.78 is 28.2. The normalized spacial score (nSPS) is 13.5. The third kappa shape index (κ3) is 4.60. The van der Waals surface area contributed by atoms with E-state index in [2.05, 4.69) is 6.07 Å². The number of anilines is 1. The Labute approximate surface area is 187 Å². The lowest BCUT2D eigenvalue weighted by atomic mass is 10.00. The second-order valence-electron chi connectivity index (χ2n) is 7.64. The molecule has 1 heterocycles. The molecule has 1 amide bonds. The SMILES string of the molecule is Cc1cccc(N(CC(=O)N2CCc3ccccc3C2)S(=O)(=O)c2ccc(Cl)cc2)c1. The number of benzene rings is 3. The van der Waals surface area contributed by atoms with Crippen LogP contribution in [0.5, 0.6) is 0 Å². The fourth-order valence-corrected chi connectivity index (χ4v) is 5.30. The number of carbonyl (C=O) groups is 1. The molecule has 0 saturated carbocycles. The molecule has 7 heteroatoms. The minimum atomic E-state index is -3.95.